The van der Waals surface area contributed by atoms with E-state index in [0.29, 0.717) is 11.1 Å². The van der Waals surface area contributed by atoms with Gasteiger partial charge < -0.3 is 14.8 Å². The van der Waals surface area contributed by atoms with Gasteiger partial charge in [0.1, 0.15) is 5.75 Å². The van der Waals surface area contributed by atoms with Crippen LogP contribution in [0.4, 0.5) is 5.69 Å². The molecule has 0 bridgehead atoms. The molecule has 0 aliphatic rings. The van der Waals surface area contributed by atoms with E-state index in [1.54, 1.807) is 12.1 Å². The maximum atomic E-state index is 12.2. The number of nitrogens with one attached hydrogen (secondary N) is 2. The van der Waals surface area contributed by atoms with Crippen molar-refractivity contribution in [2.75, 3.05) is 12.4 Å². The zero-order valence-corrected chi connectivity index (χ0v) is 15.6. The monoisotopic (exact) mass is 372 g/mol. The normalized spacial score (nSPS) is 10.2. The van der Waals surface area contributed by atoms with E-state index in [1.165, 1.54) is 31.4 Å². The number of carbonyl (C=O) groups is 2. The van der Waals surface area contributed by atoms with Gasteiger partial charge in [0.2, 0.25) is 0 Å². The van der Waals surface area contributed by atoms with Gasteiger partial charge in [0.25, 0.3) is 5.91 Å². The molecule has 0 fully saturated rings. The quantitative estimate of drug-likeness (QED) is 0.619. The van der Waals surface area contributed by atoms with E-state index in [0.717, 1.165) is 11.4 Å². The minimum absolute atomic E-state index is 0.0970. The van der Waals surface area contributed by atoms with Gasteiger partial charge in [-0.25, -0.2) is 4.79 Å². The first-order valence-corrected chi connectivity index (χ1v) is 8.37. The van der Waals surface area contributed by atoms with Crippen molar-refractivity contribution in [1.82, 2.24) is 5.32 Å². The Morgan fingerprint density at radius 1 is 0.962 bits per heavy atom. The van der Waals surface area contributed by atoms with Gasteiger partial charge in [-0.2, -0.15) is 0 Å². The van der Waals surface area contributed by atoms with Crippen molar-refractivity contribution in [3.63, 3.8) is 0 Å². The molecular weight excluding hydrogens is 352 g/mol. The van der Waals surface area contributed by atoms with Crippen LogP contribution >= 0.6 is 12.2 Å². The molecule has 0 radical (unpaired) electrons. The van der Waals surface area contributed by atoms with Crippen molar-refractivity contribution in [2.24, 2.45) is 0 Å². The lowest BCUT2D eigenvalue weighted by Crippen LogP contribution is -2.34. The molecule has 0 aliphatic heterocycles. The number of benzene rings is 2. The van der Waals surface area contributed by atoms with E-state index in [9.17, 15) is 9.59 Å². The molecule has 1 amide bonds. The molecule has 136 valence electrons. The number of hydrogen-bond acceptors (Lipinski definition) is 5. The molecule has 0 saturated heterocycles. The fraction of sp³-hybridized carbons (Fsp3) is 0.211. The number of thiocarbonyl (C=S) groups is 1. The average molecular weight is 372 g/mol. The minimum Gasteiger partial charge on any atom is -0.491 e. The molecule has 6 nitrogen and oxygen atoms in total. The van der Waals surface area contributed by atoms with Crippen LogP contribution in [0.15, 0.2) is 48.5 Å². The molecule has 2 rings (SSSR count). The van der Waals surface area contributed by atoms with Gasteiger partial charge in [0, 0.05) is 11.3 Å². The summed E-state index contributed by atoms with van der Waals surface area (Å²) in [4.78, 5) is 23.6. The third kappa shape index (κ3) is 5.56. The molecule has 2 aromatic rings. The van der Waals surface area contributed by atoms with Crippen LogP contribution in [0, 0.1) is 0 Å². The van der Waals surface area contributed by atoms with Crippen LogP contribution in [0.25, 0.3) is 0 Å². The fourth-order valence-corrected chi connectivity index (χ4v) is 2.31. The van der Waals surface area contributed by atoms with Crippen molar-refractivity contribution in [3.8, 4) is 5.75 Å². The maximum Gasteiger partial charge on any atom is 0.337 e. The van der Waals surface area contributed by atoms with Crippen LogP contribution in [0.3, 0.4) is 0 Å². The first kappa shape index (κ1) is 19.4. The highest BCUT2D eigenvalue weighted by Gasteiger charge is 2.10. The van der Waals surface area contributed by atoms with Crippen LogP contribution in [-0.2, 0) is 4.74 Å². The summed E-state index contributed by atoms with van der Waals surface area (Å²) in [6.45, 7) is 3.91. The number of anilines is 1. The number of rotatable bonds is 5. The van der Waals surface area contributed by atoms with Crippen molar-refractivity contribution >= 4 is 34.9 Å². The van der Waals surface area contributed by atoms with Gasteiger partial charge in [0.05, 0.1) is 18.8 Å². The van der Waals surface area contributed by atoms with Gasteiger partial charge >= 0.3 is 5.97 Å². The van der Waals surface area contributed by atoms with Gasteiger partial charge in [-0.15, -0.1) is 0 Å². The Balaban J connectivity index is 1.92. The van der Waals surface area contributed by atoms with Crippen LogP contribution in [0.2, 0.25) is 0 Å². The number of carbonyl (C=O) groups excluding carboxylic acids is 2. The summed E-state index contributed by atoms with van der Waals surface area (Å²) in [5, 5.41) is 5.69. The lowest BCUT2D eigenvalue weighted by atomic mass is 10.1. The Labute approximate surface area is 157 Å². The topological polar surface area (TPSA) is 76.7 Å². The molecule has 7 heteroatoms. The van der Waals surface area contributed by atoms with E-state index in [2.05, 4.69) is 15.4 Å². The van der Waals surface area contributed by atoms with Crippen LogP contribution < -0.4 is 15.4 Å². The van der Waals surface area contributed by atoms with Crippen molar-refractivity contribution < 1.29 is 19.1 Å². The first-order chi connectivity index (χ1) is 12.4. The zero-order valence-electron chi connectivity index (χ0n) is 14.7. The highest BCUT2D eigenvalue weighted by atomic mass is 32.1. The predicted octanol–water partition coefficient (Wildman–Crippen LogP) is 3.39. The molecule has 0 spiro atoms. The number of esters is 1. The summed E-state index contributed by atoms with van der Waals surface area (Å²) >= 11 is 5.15. The molecule has 0 saturated carbocycles. The SMILES string of the molecule is COC(=O)c1ccc(C(=O)NC(=S)Nc2ccc(OC(C)C)cc2)cc1. The third-order valence-electron chi connectivity index (χ3n) is 3.28. The number of ether oxygens (including phenoxy) is 2. The standard InChI is InChI=1S/C19H20N2O4S/c1-12(2)25-16-10-8-15(9-11-16)20-19(26)21-17(22)13-4-6-14(7-5-13)18(23)24-3/h4-12H,1-3H3,(H2,20,21,22,26). The molecule has 2 aromatic carbocycles. The first-order valence-electron chi connectivity index (χ1n) is 7.96. The predicted molar refractivity (Wildman–Crippen MR) is 104 cm³/mol. The van der Waals surface area contributed by atoms with E-state index >= 15 is 0 Å². The minimum atomic E-state index is -0.459. The van der Waals surface area contributed by atoms with E-state index in [4.69, 9.17) is 17.0 Å². The summed E-state index contributed by atoms with van der Waals surface area (Å²) in [7, 11) is 1.30. The Morgan fingerprint density at radius 2 is 1.54 bits per heavy atom. The highest BCUT2D eigenvalue weighted by molar-refractivity contribution is 7.80. The smallest absolute Gasteiger partial charge is 0.337 e. The lowest BCUT2D eigenvalue weighted by molar-refractivity contribution is 0.0600. The van der Waals surface area contributed by atoms with Crippen LogP contribution in [0.5, 0.6) is 5.75 Å². The Bertz CT molecular complexity index is 786. The summed E-state index contributed by atoms with van der Waals surface area (Å²) in [5.41, 5.74) is 1.48. The van der Waals surface area contributed by atoms with Crippen molar-refractivity contribution in [3.05, 3.63) is 59.7 Å². The van der Waals surface area contributed by atoms with Gasteiger partial charge in [-0.1, -0.05) is 0 Å². The Kier molecular flexibility index (Phi) is 6.68. The summed E-state index contributed by atoms with van der Waals surface area (Å²) in [6, 6.07) is 13.3. The zero-order chi connectivity index (χ0) is 19.1. The Hall–Kier alpha value is -2.93. The second-order valence-corrected chi connectivity index (χ2v) is 6.08. The van der Waals surface area contributed by atoms with Gasteiger partial charge in [-0.05, 0) is 74.6 Å². The van der Waals surface area contributed by atoms with Gasteiger partial charge in [-0.3, -0.25) is 10.1 Å². The highest BCUT2D eigenvalue weighted by Crippen LogP contribution is 2.16. The molecule has 0 aromatic heterocycles. The van der Waals surface area contributed by atoms with Crippen molar-refractivity contribution in [2.45, 2.75) is 20.0 Å². The molecule has 0 unspecified atom stereocenters. The number of methoxy groups -OCH3 is 1. The van der Waals surface area contributed by atoms with E-state index < -0.39 is 5.97 Å². The fourth-order valence-electron chi connectivity index (χ4n) is 2.10. The van der Waals surface area contributed by atoms with Crippen molar-refractivity contribution in [1.29, 1.82) is 0 Å². The van der Waals surface area contributed by atoms with E-state index in [-0.39, 0.29) is 17.1 Å². The summed E-state index contributed by atoms with van der Waals surface area (Å²) in [5.74, 6) is -0.0797. The molecule has 26 heavy (non-hydrogen) atoms. The van der Waals surface area contributed by atoms with E-state index in [1.807, 2.05) is 26.0 Å². The lowest BCUT2D eigenvalue weighted by Gasteiger charge is -2.12. The molecule has 0 heterocycles. The molecule has 0 atom stereocenters. The maximum absolute atomic E-state index is 12.2. The second-order valence-electron chi connectivity index (χ2n) is 5.67. The largest absolute Gasteiger partial charge is 0.491 e. The summed E-state index contributed by atoms with van der Waals surface area (Å²) in [6.07, 6.45) is 0.0970. The molecule has 2 N–H and O–H groups in total. The number of amides is 1. The average Bonchev–Trinajstić information content (AvgIpc) is 2.62. The third-order valence-corrected chi connectivity index (χ3v) is 3.48. The summed E-state index contributed by atoms with van der Waals surface area (Å²) < 4.78 is 10.2. The molecular formula is C19H20N2O4S. The van der Waals surface area contributed by atoms with Crippen LogP contribution in [0.1, 0.15) is 34.6 Å². The van der Waals surface area contributed by atoms with Gasteiger partial charge in [0.15, 0.2) is 5.11 Å². The van der Waals surface area contributed by atoms with Crippen LogP contribution in [-0.4, -0.2) is 30.2 Å². The molecule has 0 aliphatic carbocycles. The second kappa shape index (κ2) is 8.96. The Morgan fingerprint density at radius 3 is 2.08 bits per heavy atom. The number of hydrogen-bond donors (Lipinski definition) is 2.